The number of carbonyl (C=O) groups is 1. The highest BCUT2D eigenvalue weighted by atomic mass is 16.5. The number of Topliss-reactive ketones (excluding diaryl/α,β-unsaturated/α-hetero) is 1. The summed E-state index contributed by atoms with van der Waals surface area (Å²) in [6.45, 7) is 8.60. The molecule has 0 amide bonds. The number of fused-ring (bicyclic) bond motifs is 1. The van der Waals surface area contributed by atoms with Gasteiger partial charge in [-0.1, -0.05) is 33.8 Å². The van der Waals surface area contributed by atoms with Gasteiger partial charge in [-0.15, -0.1) is 0 Å². The Labute approximate surface area is 109 Å². The van der Waals surface area contributed by atoms with E-state index in [1.807, 2.05) is 6.07 Å². The fraction of sp³-hybridized carbons (Fsp3) is 0.562. The van der Waals surface area contributed by atoms with Gasteiger partial charge < -0.3 is 4.74 Å². The molecule has 1 aliphatic rings. The summed E-state index contributed by atoms with van der Waals surface area (Å²) < 4.78 is 5.46. The van der Waals surface area contributed by atoms with Crippen molar-refractivity contribution in [2.24, 2.45) is 5.92 Å². The number of hydrogen-bond acceptors (Lipinski definition) is 2. The molecule has 0 fully saturated rings. The van der Waals surface area contributed by atoms with E-state index in [0.717, 1.165) is 24.2 Å². The van der Waals surface area contributed by atoms with Crippen LogP contribution in [0.1, 0.15) is 55.6 Å². The van der Waals surface area contributed by atoms with Gasteiger partial charge in [0.2, 0.25) is 0 Å². The molecular formula is C16H22O2. The third-order valence-corrected chi connectivity index (χ3v) is 3.83. The molecule has 0 N–H and O–H groups in total. The van der Waals surface area contributed by atoms with Crippen LogP contribution in [-0.2, 0) is 11.8 Å². The number of hydrogen-bond donors (Lipinski definition) is 0. The van der Waals surface area contributed by atoms with E-state index in [2.05, 4.69) is 33.8 Å². The standard InChI is InChI=1S/C16H22O2/c1-6-10-7-11-8-13(16(2,3)4)14(18-5)9-12(11)15(10)17/h8-10H,6-7H2,1-5H3. The SMILES string of the molecule is CCC1Cc2cc(C(C)(C)C)c(OC)cc2C1=O. The van der Waals surface area contributed by atoms with E-state index in [1.54, 1.807) is 7.11 Å². The fourth-order valence-electron chi connectivity index (χ4n) is 2.69. The summed E-state index contributed by atoms with van der Waals surface area (Å²) in [5, 5.41) is 0. The lowest BCUT2D eigenvalue weighted by atomic mass is 9.84. The van der Waals surface area contributed by atoms with Crippen LogP contribution in [0.4, 0.5) is 0 Å². The summed E-state index contributed by atoms with van der Waals surface area (Å²) in [5.74, 6) is 1.29. The molecule has 0 spiro atoms. The molecule has 1 unspecified atom stereocenters. The molecule has 1 aromatic rings. The Morgan fingerprint density at radius 2 is 2.00 bits per heavy atom. The van der Waals surface area contributed by atoms with E-state index in [9.17, 15) is 4.79 Å². The molecular weight excluding hydrogens is 224 g/mol. The Kier molecular flexibility index (Phi) is 3.22. The van der Waals surface area contributed by atoms with Crippen LogP contribution >= 0.6 is 0 Å². The minimum atomic E-state index is 0.0354. The maximum absolute atomic E-state index is 12.2. The van der Waals surface area contributed by atoms with Gasteiger partial charge in [-0.05, 0) is 35.4 Å². The van der Waals surface area contributed by atoms with Crippen LogP contribution in [0.5, 0.6) is 5.75 Å². The summed E-state index contributed by atoms with van der Waals surface area (Å²) in [5.41, 5.74) is 3.28. The number of ether oxygens (including phenoxy) is 1. The predicted molar refractivity (Wildman–Crippen MR) is 73.5 cm³/mol. The van der Waals surface area contributed by atoms with Crippen molar-refractivity contribution >= 4 is 5.78 Å². The quantitative estimate of drug-likeness (QED) is 0.794. The van der Waals surface area contributed by atoms with Crippen molar-refractivity contribution in [1.82, 2.24) is 0 Å². The Bertz CT molecular complexity index is 481. The molecule has 0 heterocycles. The van der Waals surface area contributed by atoms with Gasteiger partial charge in [-0.2, -0.15) is 0 Å². The highest BCUT2D eigenvalue weighted by Crippen LogP contribution is 2.38. The number of rotatable bonds is 2. The van der Waals surface area contributed by atoms with E-state index < -0.39 is 0 Å². The molecule has 2 nitrogen and oxygen atoms in total. The molecule has 0 saturated heterocycles. The first-order chi connectivity index (χ1) is 8.38. The molecule has 2 heteroatoms. The van der Waals surface area contributed by atoms with Gasteiger partial charge in [0.15, 0.2) is 5.78 Å². The van der Waals surface area contributed by atoms with Crippen molar-refractivity contribution in [2.75, 3.05) is 7.11 Å². The van der Waals surface area contributed by atoms with Crippen LogP contribution in [0.25, 0.3) is 0 Å². The third kappa shape index (κ3) is 2.05. The molecule has 1 aliphatic carbocycles. The maximum atomic E-state index is 12.2. The smallest absolute Gasteiger partial charge is 0.166 e. The van der Waals surface area contributed by atoms with Gasteiger partial charge in [0, 0.05) is 11.5 Å². The number of ketones is 1. The van der Waals surface area contributed by atoms with Crippen molar-refractivity contribution in [1.29, 1.82) is 0 Å². The monoisotopic (exact) mass is 246 g/mol. The van der Waals surface area contributed by atoms with Crippen LogP contribution in [0.3, 0.4) is 0 Å². The molecule has 0 bridgehead atoms. The Morgan fingerprint density at radius 3 is 2.50 bits per heavy atom. The second-order valence-electron chi connectivity index (χ2n) is 6.13. The summed E-state index contributed by atoms with van der Waals surface area (Å²) in [7, 11) is 1.67. The Hall–Kier alpha value is -1.31. The molecule has 18 heavy (non-hydrogen) atoms. The van der Waals surface area contributed by atoms with Crippen molar-refractivity contribution in [3.8, 4) is 5.75 Å². The zero-order valence-corrected chi connectivity index (χ0v) is 12.0. The van der Waals surface area contributed by atoms with E-state index >= 15 is 0 Å². The minimum Gasteiger partial charge on any atom is -0.496 e. The van der Waals surface area contributed by atoms with Crippen molar-refractivity contribution in [3.63, 3.8) is 0 Å². The maximum Gasteiger partial charge on any atom is 0.166 e. The lowest BCUT2D eigenvalue weighted by Crippen LogP contribution is -2.13. The van der Waals surface area contributed by atoms with E-state index in [0.29, 0.717) is 0 Å². The van der Waals surface area contributed by atoms with Gasteiger partial charge in [0.05, 0.1) is 7.11 Å². The van der Waals surface area contributed by atoms with Gasteiger partial charge >= 0.3 is 0 Å². The lowest BCUT2D eigenvalue weighted by molar-refractivity contribution is 0.0934. The van der Waals surface area contributed by atoms with E-state index in [-0.39, 0.29) is 17.1 Å². The molecule has 0 saturated carbocycles. The van der Waals surface area contributed by atoms with Crippen LogP contribution in [0, 0.1) is 5.92 Å². The second kappa shape index (κ2) is 4.42. The van der Waals surface area contributed by atoms with Gasteiger partial charge in [-0.3, -0.25) is 4.79 Å². The van der Waals surface area contributed by atoms with Crippen molar-refractivity contribution in [2.45, 2.75) is 46.0 Å². The first-order valence-electron chi connectivity index (χ1n) is 6.64. The lowest BCUT2D eigenvalue weighted by Gasteiger charge is -2.23. The van der Waals surface area contributed by atoms with Gasteiger partial charge in [0.25, 0.3) is 0 Å². The largest absolute Gasteiger partial charge is 0.496 e. The summed E-state index contributed by atoms with van der Waals surface area (Å²) in [4.78, 5) is 12.2. The first-order valence-corrected chi connectivity index (χ1v) is 6.64. The average molecular weight is 246 g/mol. The minimum absolute atomic E-state index is 0.0354. The summed E-state index contributed by atoms with van der Waals surface area (Å²) >= 11 is 0. The van der Waals surface area contributed by atoms with E-state index in [4.69, 9.17) is 4.74 Å². The van der Waals surface area contributed by atoms with Crippen LogP contribution in [0.2, 0.25) is 0 Å². The van der Waals surface area contributed by atoms with Crippen molar-refractivity contribution < 1.29 is 9.53 Å². The van der Waals surface area contributed by atoms with Crippen LogP contribution < -0.4 is 4.74 Å². The molecule has 2 rings (SSSR count). The molecule has 98 valence electrons. The van der Waals surface area contributed by atoms with Gasteiger partial charge in [-0.25, -0.2) is 0 Å². The normalized spacial score (nSPS) is 18.9. The summed E-state index contributed by atoms with van der Waals surface area (Å²) in [6, 6.07) is 4.11. The van der Waals surface area contributed by atoms with E-state index in [1.165, 1.54) is 11.1 Å². The summed E-state index contributed by atoms with van der Waals surface area (Å²) in [6.07, 6.45) is 1.80. The average Bonchev–Trinajstić information content (AvgIpc) is 2.63. The topological polar surface area (TPSA) is 26.3 Å². The Balaban J connectivity index is 2.55. The third-order valence-electron chi connectivity index (χ3n) is 3.83. The van der Waals surface area contributed by atoms with Gasteiger partial charge in [0.1, 0.15) is 5.75 Å². The fourth-order valence-corrected chi connectivity index (χ4v) is 2.69. The highest BCUT2D eigenvalue weighted by Gasteiger charge is 2.32. The molecule has 0 radical (unpaired) electrons. The first kappa shape index (κ1) is 13.1. The van der Waals surface area contributed by atoms with Crippen molar-refractivity contribution in [3.05, 3.63) is 28.8 Å². The number of methoxy groups -OCH3 is 1. The molecule has 1 aromatic carbocycles. The number of benzene rings is 1. The number of carbonyl (C=O) groups excluding carboxylic acids is 1. The highest BCUT2D eigenvalue weighted by molar-refractivity contribution is 6.02. The van der Waals surface area contributed by atoms with Crippen LogP contribution in [-0.4, -0.2) is 12.9 Å². The predicted octanol–water partition coefficient (Wildman–Crippen LogP) is 3.76. The van der Waals surface area contributed by atoms with Crippen LogP contribution in [0.15, 0.2) is 12.1 Å². The molecule has 1 atom stereocenters. The Morgan fingerprint density at radius 1 is 1.33 bits per heavy atom. The molecule has 0 aliphatic heterocycles. The zero-order chi connectivity index (χ0) is 13.5. The second-order valence-corrected chi connectivity index (χ2v) is 6.13. The zero-order valence-electron chi connectivity index (χ0n) is 12.0. The molecule has 0 aromatic heterocycles.